The summed E-state index contributed by atoms with van der Waals surface area (Å²) < 4.78 is 14.5. The van der Waals surface area contributed by atoms with Crippen LogP contribution in [-0.2, 0) is 0 Å². The van der Waals surface area contributed by atoms with Crippen LogP contribution in [-0.4, -0.2) is 9.97 Å². The number of hydrogen-bond donors (Lipinski definition) is 2. The van der Waals surface area contributed by atoms with Crippen LogP contribution in [0.4, 0.5) is 16.2 Å². The van der Waals surface area contributed by atoms with Gasteiger partial charge < -0.3 is 11.1 Å². The highest BCUT2D eigenvalue weighted by Crippen LogP contribution is 2.21. The highest BCUT2D eigenvalue weighted by atomic mass is 79.9. The molecule has 0 fully saturated rings. The van der Waals surface area contributed by atoms with Gasteiger partial charge in [-0.25, -0.2) is 9.37 Å². The summed E-state index contributed by atoms with van der Waals surface area (Å²) in [7, 11) is 0. The Kier molecular flexibility index (Phi) is 3.76. The topological polar surface area (TPSA) is 63.8 Å². The summed E-state index contributed by atoms with van der Waals surface area (Å²) in [6.45, 7) is 1.92. The predicted octanol–water partition coefficient (Wildman–Crippen LogP) is 3.13. The number of anilines is 2. The molecule has 0 bridgehead atoms. The van der Waals surface area contributed by atoms with Gasteiger partial charge in [0.2, 0.25) is 5.95 Å². The third-order valence-electron chi connectivity index (χ3n) is 2.49. The number of nitrogens with two attached hydrogens (primary N) is 1. The second-order valence-electron chi connectivity index (χ2n) is 3.84. The van der Waals surface area contributed by atoms with Crippen LogP contribution in [0.1, 0.15) is 18.5 Å². The minimum atomic E-state index is -0.520. The Labute approximate surface area is 113 Å². The first kappa shape index (κ1) is 12.8. The highest BCUT2D eigenvalue weighted by molar-refractivity contribution is 9.10. The van der Waals surface area contributed by atoms with Gasteiger partial charge in [0, 0.05) is 4.47 Å². The molecule has 1 unspecified atom stereocenters. The number of aromatic nitrogens is 2. The van der Waals surface area contributed by atoms with E-state index in [1.165, 1.54) is 0 Å². The molecule has 94 valence electrons. The molecule has 0 amide bonds. The third kappa shape index (κ3) is 2.95. The number of rotatable bonds is 3. The predicted molar refractivity (Wildman–Crippen MR) is 72.6 cm³/mol. The molecule has 4 nitrogen and oxygen atoms in total. The van der Waals surface area contributed by atoms with Gasteiger partial charge in [-0.05, 0) is 24.6 Å². The zero-order chi connectivity index (χ0) is 13.1. The van der Waals surface area contributed by atoms with Crippen molar-refractivity contribution in [2.24, 2.45) is 0 Å². The van der Waals surface area contributed by atoms with Gasteiger partial charge in [-0.3, -0.25) is 0 Å². The van der Waals surface area contributed by atoms with Crippen molar-refractivity contribution < 1.29 is 4.39 Å². The first-order valence-electron chi connectivity index (χ1n) is 5.36. The molecule has 1 aromatic carbocycles. The molecule has 1 heterocycles. The molecule has 0 aliphatic heterocycles. The summed E-state index contributed by atoms with van der Waals surface area (Å²) in [5.74, 6) is -0.368. The van der Waals surface area contributed by atoms with E-state index in [2.05, 4.69) is 31.2 Å². The lowest BCUT2D eigenvalue weighted by Crippen LogP contribution is -2.11. The molecule has 1 atom stereocenters. The van der Waals surface area contributed by atoms with Gasteiger partial charge in [-0.1, -0.05) is 28.1 Å². The van der Waals surface area contributed by atoms with Crippen molar-refractivity contribution in [1.82, 2.24) is 9.97 Å². The van der Waals surface area contributed by atoms with Crippen LogP contribution in [0.5, 0.6) is 0 Å². The molecule has 0 saturated carbocycles. The maximum Gasteiger partial charge on any atom is 0.222 e. The van der Waals surface area contributed by atoms with E-state index in [1.54, 1.807) is 0 Å². The van der Waals surface area contributed by atoms with Crippen molar-refractivity contribution in [3.8, 4) is 0 Å². The molecular formula is C12H12BrFN4. The van der Waals surface area contributed by atoms with E-state index in [1.807, 2.05) is 31.2 Å². The van der Waals surface area contributed by atoms with Crippen molar-refractivity contribution in [3.05, 3.63) is 46.3 Å². The number of hydrogen-bond acceptors (Lipinski definition) is 4. The Morgan fingerprint density at radius 1 is 1.33 bits per heavy atom. The first-order valence-corrected chi connectivity index (χ1v) is 6.15. The van der Waals surface area contributed by atoms with E-state index >= 15 is 0 Å². The second-order valence-corrected chi connectivity index (χ2v) is 4.76. The van der Waals surface area contributed by atoms with Gasteiger partial charge >= 0.3 is 0 Å². The molecule has 3 N–H and O–H groups in total. The quantitative estimate of drug-likeness (QED) is 0.914. The summed E-state index contributed by atoms with van der Waals surface area (Å²) in [6.07, 6.45) is 1.05. The average Bonchev–Trinajstić information content (AvgIpc) is 2.34. The number of benzene rings is 1. The number of nitrogen functional groups attached to an aromatic ring is 1. The number of nitrogens with zero attached hydrogens (tertiary/aromatic N) is 2. The van der Waals surface area contributed by atoms with Crippen LogP contribution < -0.4 is 11.1 Å². The van der Waals surface area contributed by atoms with Crippen LogP contribution in [0.2, 0.25) is 0 Å². The average molecular weight is 311 g/mol. The normalized spacial score (nSPS) is 12.2. The van der Waals surface area contributed by atoms with Gasteiger partial charge in [-0.15, -0.1) is 0 Å². The SMILES string of the molecule is CC(Nc1nc(N)ncc1F)c1ccc(Br)cc1. The Morgan fingerprint density at radius 3 is 2.67 bits per heavy atom. The van der Waals surface area contributed by atoms with Gasteiger partial charge in [-0.2, -0.15) is 4.98 Å². The fourth-order valence-corrected chi connectivity index (χ4v) is 1.79. The van der Waals surface area contributed by atoms with Gasteiger partial charge in [0.05, 0.1) is 12.2 Å². The summed E-state index contributed by atoms with van der Waals surface area (Å²) in [5.41, 5.74) is 6.45. The Balaban J connectivity index is 2.18. The van der Waals surface area contributed by atoms with Crippen LogP contribution >= 0.6 is 15.9 Å². The standard InChI is InChI=1S/C12H12BrFN4/c1-7(8-2-4-9(13)5-3-8)17-11-10(14)6-16-12(15)18-11/h2-7H,1H3,(H3,15,16,17,18). The van der Waals surface area contributed by atoms with Crippen molar-refractivity contribution in [3.63, 3.8) is 0 Å². The lowest BCUT2D eigenvalue weighted by atomic mass is 10.1. The lowest BCUT2D eigenvalue weighted by Gasteiger charge is -2.15. The molecular weight excluding hydrogens is 299 g/mol. The minimum absolute atomic E-state index is 0.0434. The number of halogens is 2. The van der Waals surface area contributed by atoms with Crippen molar-refractivity contribution in [1.29, 1.82) is 0 Å². The molecule has 2 rings (SSSR count). The van der Waals surface area contributed by atoms with E-state index in [0.717, 1.165) is 16.2 Å². The van der Waals surface area contributed by atoms with Crippen LogP contribution in [0.3, 0.4) is 0 Å². The molecule has 6 heteroatoms. The number of nitrogens with one attached hydrogen (secondary N) is 1. The Hall–Kier alpha value is -1.69. The van der Waals surface area contributed by atoms with Crippen molar-refractivity contribution in [2.75, 3.05) is 11.1 Å². The van der Waals surface area contributed by atoms with Gasteiger partial charge in [0.25, 0.3) is 0 Å². The zero-order valence-electron chi connectivity index (χ0n) is 9.69. The molecule has 18 heavy (non-hydrogen) atoms. The summed E-state index contributed by atoms with van der Waals surface area (Å²) in [4.78, 5) is 7.40. The van der Waals surface area contributed by atoms with Gasteiger partial charge in [0.1, 0.15) is 0 Å². The third-order valence-corrected chi connectivity index (χ3v) is 3.01. The molecule has 0 aliphatic rings. The first-order chi connectivity index (χ1) is 8.56. The van der Waals surface area contributed by atoms with Gasteiger partial charge in [0.15, 0.2) is 11.6 Å². The van der Waals surface area contributed by atoms with Crippen LogP contribution in [0.25, 0.3) is 0 Å². The minimum Gasteiger partial charge on any atom is -0.368 e. The molecule has 0 spiro atoms. The maximum absolute atomic E-state index is 13.5. The fraction of sp³-hybridized carbons (Fsp3) is 0.167. The van der Waals surface area contributed by atoms with Crippen LogP contribution in [0, 0.1) is 5.82 Å². The summed E-state index contributed by atoms with van der Waals surface area (Å²) in [6, 6.07) is 7.67. The van der Waals surface area contributed by atoms with Crippen molar-refractivity contribution in [2.45, 2.75) is 13.0 Å². The summed E-state index contributed by atoms with van der Waals surface area (Å²) >= 11 is 3.36. The van der Waals surface area contributed by atoms with E-state index in [9.17, 15) is 4.39 Å². The van der Waals surface area contributed by atoms with E-state index in [4.69, 9.17) is 5.73 Å². The summed E-state index contributed by atoms with van der Waals surface area (Å²) in [5, 5.41) is 2.97. The molecule has 0 saturated heterocycles. The Morgan fingerprint density at radius 2 is 2.00 bits per heavy atom. The van der Waals surface area contributed by atoms with E-state index < -0.39 is 5.82 Å². The van der Waals surface area contributed by atoms with Crippen molar-refractivity contribution >= 4 is 27.7 Å². The molecule has 1 aromatic heterocycles. The maximum atomic E-state index is 13.5. The largest absolute Gasteiger partial charge is 0.368 e. The lowest BCUT2D eigenvalue weighted by molar-refractivity contribution is 0.614. The monoisotopic (exact) mass is 310 g/mol. The molecule has 0 aliphatic carbocycles. The second kappa shape index (κ2) is 5.30. The van der Waals surface area contributed by atoms with E-state index in [0.29, 0.717) is 0 Å². The smallest absolute Gasteiger partial charge is 0.222 e. The fourth-order valence-electron chi connectivity index (χ4n) is 1.52. The molecule has 0 radical (unpaired) electrons. The highest BCUT2D eigenvalue weighted by Gasteiger charge is 2.10. The van der Waals surface area contributed by atoms with E-state index in [-0.39, 0.29) is 17.8 Å². The van der Waals surface area contributed by atoms with Crippen LogP contribution in [0.15, 0.2) is 34.9 Å². The Bertz CT molecular complexity index is 544. The molecule has 2 aromatic rings. The zero-order valence-corrected chi connectivity index (χ0v) is 11.3.